The van der Waals surface area contributed by atoms with Crippen molar-refractivity contribution in [1.29, 1.82) is 0 Å². The lowest BCUT2D eigenvalue weighted by Crippen LogP contribution is -2.35. The molecule has 0 spiro atoms. The summed E-state index contributed by atoms with van der Waals surface area (Å²) >= 11 is 0. The highest BCUT2D eigenvalue weighted by Gasteiger charge is 2.24. The van der Waals surface area contributed by atoms with Crippen molar-refractivity contribution < 1.29 is 10.2 Å². The zero-order valence-electron chi connectivity index (χ0n) is 4.77. The first-order valence-corrected chi connectivity index (χ1v) is 2.52. The highest BCUT2D eigenvalue weighted by atomic mass is 35.5. The Kier molecular flexibility index (Phi) is 3.14. The van der Waals surface area contributed by atoms with Crippen LogP contribution in [0.5, 0.6) is 0 Å². The minimum absolute atomic E-state index is 0. The van der Waals surface area contributed by atoms with Crippen LogP contribution in [0.1, 0.15) is 0 Å². The molecule has 0 saturated carbocycles. The zero-order valence-corrected chi connectivity index (χ0v) is 5.58. The van der Waals surface area contributed by atoms with Gasteiger partial charge < -0.3 is 15.9 Å². The lowest BCUT2D eigenvalue weighted by atomic mass is 10.2. The molecule has 0 aromatic carbocycles. The molecule has 3 atom stereocenters. The zero-order chi connectivity index (χ0) is 6.15. The summed E-state index contributed by atoms with van der Waals surface area (Å²) < 4.78 is 0. The van der Waals surface area contributed by atoms with E-state index in [2.05, 4.69) is 0 Å². The molecule has 3 nitrogen and oxygen atoms in total. The number of aliphatic hydroxyl groups excluding tert-OH is 2. The van der Waals surface area contributed by atoms with E-state index in [0.717, 1.165) is 0 Å². The average Bonchev–Trinajstić information content (AvgIpc) is 1.98. The van der Waals surface area contributed by atoms with Gasteiger partial charge in [0.2, 0.25) is 0 Å². The molecule has 0 aromatic heterocycles. The van der Waals surface area contributed by atoms with Crippen LogP contribution < -0.4 is 5.73 Å². The first-order chi connectivity index (χ1) is 3.72. The largest absolute Gasteiger partial charge is 0.388 e. The summed E-state index contributed by atoms with van der Waals surface area (Å²) in [6, 6.07) is -0.384. The molecule has 0 amide bonds. The van der Waals surface area contributed by atoms with Crippen LogP contribution in [-0.4, -0.2) is 28.5 Å². The quantitative estimate of drug-likeness (QED) is 0.390. The fourth-order valence-electron chi connectivity index (χ4n) is 0.698. The van der Waals surface area contributed by atoms with E-state index in [4.69, 9.17) is 15.9 Å². The van der Waals surface area contributed by atoms with Crippen molar-refractivity contribution in [1.82, 2.24) is 0 Å². The van der Waals surface area contributed by atoms with Gasteiger partial charge in [0.1, 0.15) is 6.10 Å². The number of aliphatic hydroxyl groups is 2. The third-order valence-corrected chi connectivity index (χ3v) is 1.27. The fraction of sp³-hybridized carbons (Fsp3) is 0.600. The SMILES string of the molecule is Cl.N[C@@H]1C=C[C@@H](O)[C@H]1O. The van der Waals surface area contributed by atoms with Crippen LogP contribution in [0.3, 0.4) is 0 Å². The summed E-state index contributed by atoms with van der Waals surface area (Å²) in [6.45, 7) is 0. The van der Waals surface area contributed by atoms with Gasteiger partial charge in [0.25, 0.3) is 0 Å². The molecule has 54 valence electrons. The minimum Gasteiger partial charge on any atom is -0.388 e. The normalized spacial score (nSPS) is 40.6. The molecule has 0 heterocycles. The fourth-order valence-corrected chi connectivity index (χ4v) is 0.698. The number of hydrogen-bond donors (Lipinski definition) is 3. The predicted octanol–water partition coefficient (Wildman–Crippen LogP) is -0.973. The highest BCUT2D eigenvalue weighted by Crippen LogP contribution is 2.08. The topological polar surface area (TPSA) is 66.5 Å². The molecular weight excluding hydrogens is 142 g/mol. The van der Waals surface area contributed by atoms with Crippen molar-refractivity contribution in [3.8, 4) is 0 Å². The molecule has 0 fully saturated rings. The van der Waals surface area contributed by atoms with Gasteiger partial charge in [-0.1, -0.05) is 12.2 Å². The van der Waals surface area contributed by atoms with E-state index >= 15 is 0 Å². The maximum Gasteiger partial charge on any atom is 0.102 e. The molecule has 9 heavy (non-hydrogen) atoms. The Morgan fingerprint density at radius 2 is 1.78 bits per heavy atom. The predicted molar refractivity (Wildman–Crippen MR) is 36.4 cm³/mol. The average molecular weight is 152 g/mol. The lowest BCUT2D eigenvalue weighted by molar-refractivity contribution is 0.0518. The van der Waals surface area contributed by atoms with Crippen LogP contribution in [0.25, 0.3) is 0 Å². The summed E-state index contributed by atoms with van der Waals surface area (Å²) in [4.78, 5) is 0. The van der Waals surface area contributed by atoms with Crippen molar-refractivity contribution in [3.63, 3.8) is 0 Å². The third kappa shape index (κ3) is 1.66. The molecule has 0 aliphatic heterocycles. The molecule has 1 aliphatic carbocycles. The van der Waals surface area contributed by atoms with Gasteiger partial charge in [-0.05, 0) is 0 Å². The van der Waals surface area contributed by atoms with Crippen LogP contribution in [0.4, 0.5) is 0 Å². The molecule has 4 N–H and O–H groups in total. The molecule has 0 aromatic rings. The van der Waals surface area contributed by atoms with E-state index in [-0.39, 0.29) is 18.4 Å². The van der Waals surface area contributed by atoms with E-state index in [9.17, 15) is 0 Å². The van der Waals surface area contributed by atoms with Crippen LogP contribution >= 0.6 is 12.4 Å². The maximum absolute atomic E-state index is 8.83. The highest BCUT2D eigenvalue weighted by molar-refractivity contribution is 5.85. The minimum atomic E-state index is -0.796. The van der Waals surface area contributed by atoms with Gasteiger partial charge in [0.15, 0.2) is 0 Å². The van der Waals surface area contributed by atoms with E-state index in [1.165, 1.54) is 6.08 Å². The van der Waals surface area contributed by atoms with Gasteiger partial charge in [-0.25, -0.2) is 0 Å². The van der Waals surface area contributed by atoms with Gasteiger partial charge >= 0.3 is 0 Å². The van der Waals surface area contributed by atoms with E-state index in [1.54, 1.807) is 6.08 Å². The van der Waals surface area contributed by atoms with Crippen molar-refractivity contribution in [2.75, 3.05) is 0 Å². The molecular formula is C5H10ClNO2. The van der Waals surface area contributed by atoms with Crippen molar-refractivity contribution in [2.24, 2.45) is 5.73 Å². The van der Waals surface area contributed by atoms with Crippen LogP contribution in [0.2, 0.25) is 0 Å². The van der Waals surface area contributed by atoms with Gasteiger partial charge in [0, 0.05) is 0 Å². The summed E-state index contributed by atoms with van der Waals surface area (Å²) in [7, 11) is 0. The van der Waals surface area contributed by atoms with Gasteiger partial charge in [0.05, 0.1) is 12.1 Å². The molecule has 1 aliphatic rings. The first kappa shape index (κ1) is 8.91. The van der Waals surface area contributed by atoms with Gasteiger partial charge in [-0.15, -0.1) is 12.4 Å². The Morgan fingerprint density at radius 3 is 1.89 bits per heavy atom. The van der Waals surface area contributed by atoms with Crippen LogP contribution in [-0.2, 0) is 0 Å². The number of rotatable bonds is 0. The Morgan fingerprint density at radius 1 is 1.22 bits per heavy atom. The van der Waals surface area contributed by atoms with Crippen molar-refractivity contribution >= 4 is 12.4 Å². The summed E-state index contributed by atoms with van der Waals surface area (Å²) in [5, 5.41) is 17.6. The Bertz CT molecular complexity index is 106. The van der Waals surface area contributed by atoms with Crippen LogP contribution in [0.15, 0.2) is 12.2 Å². The second kappa shape index (κ2) is 3.17. The summed E-state index contributed by atoms with van der Waals surface area (Å²) in [5.74, 6) is 0. The Hall–Kier alpha value is -0.0900. The lowest BCUT2D eigenvalue weighted by Gasteiger charge is -2.10. The number of nitrogens with two attached hydrogens (primary N) is 1. The van der Waals surface area contributed by atoms with E-state index in [1.807, 2.05) is 0 Å². The number of halogens is 1. The Labute approximate surface area is 59.6 Å². The molecule has 4 heteroatoms. The Balaban J connectivity index is 0.000000640. The smallest absolute Gasteiger partial charge is 0.102 e. The summed E-state index contributed by atoms with van der Waals surface area (Å²) in [6.07, 6.45) is 1.53. The third-order valence-electron chi connectivity index (χ3n) is 1.27. The molecule has 0 saturated heterocycles. The van der Waals surface area contributed by atoms with Crippen molar-refractivity contribution in [3.05, 3.63) is 12.2 Å². The second-order valence-corrected chi connectivity index (χ2v) is 1.94. The molecule has 0 radical (unpaired) electrons. The van der Waals surface area contributed by atoms with Gasteiger partial charge in [-0.3, -0.25) is 0 Å². The van der Waals surface area contributed by atoms with E-state index < -0.39 is 12.2 Å². The molecule has 0 bridgehead atoms. The monoisotopic (exact) mass is 151 g/mol. The first-order valence-electron chi connectivity index (χ1n) is 2.52. The summed E-state index contributed by atoms with van der Waals surface area (Å²) in [5.41, 5.74) is 5.27. The van der Waals surface area contributed by atoms with Gasteiger partial charge in [-0.2, -0.15) is 0 Å². The standard InChI is InChI=1S/C5H9NO2.ClH/c6-3-1-2-4(7)5(3)8;/h1-5,7-8H,6H2;1H/t3-,4-,5+;/m1./s1. The van der Waals surface area contributed by atoms with Crippen LogP contribution in [0, 0.1) is 0 Å². The molecule has 1 rings (SSSR count). The molecule has 0 unspecified atom stereocenters. The van der Waals surface area contributed by atoms with Crippen molar-refractivity contribution in [2.45, 2.75) is 18.2 Å². The number of hydrogen-bond acceptors (Lipinski definition) is 3. The second-order valence-electron chi connectivity index (χ2n) is 1.94. The van der Waals surface area contributed by atoms with E-state index in [0.29, 0.717) is 0 Å². The maximum atomic E-state index is 8.83.